The summed E-state index contributed by atoms with van der Waals surface area (Å²) >= 11 is 0. The Kier molecular flexibility index (Phi) is 5.52. The zero-order valence-corrected chi connectivity index (χ0v) is 25.7. The molecule has 1 fully saturated rings. The average molecular weight is 562 g/mol. The van der Waals surface area contributed by atoms with Gasteiger partial charge >= 0.3 is 7.12 Å². The molecule has 5 aromatic carbocycles. The van der Waals surface area contributed by atoms with Crippen LogP contribution in [-0.2, 0) is 14.7 Å². The third kappa shape index (κ3) is 3.83. The molecular formula is C39H36BNO2. The van der Waals surface area contributed by atoms with Gasteiger partial charge in [0, 0.05) is 21.9 Å². The van der Waals surface area contributed by atoms with Crippen LogP contribution in [0.1, 0.15) is 52.7 Å². The number of nitrogens with zero attached hydrogens (tertiary/aromatic N) is 1. The highest BCUT2D eigenvalue weighted by atomic mass is 16.7. The van der Waals surface area contributed by atoms with Gasteiger partial charge in [-0.2, -0.15) is 0 Å². The zero-order valence-electron chi connectivity index (χ0n) is 25.7. The smallest absolute Gasteiger partial charge is 0.399 e. The van der Waals surface area contributed by atoms with Crippen LogP contribution in [0.15, 0.2) is 109 Å². The van der Waals surface area contributed by atoms with Crippen molar-refractivity contribution in [1.82, 2.24) is 4.57 Å². The molecule has 0 unspecified atom stereocenters. The van der Waals surface area contributed by atoms with Crippen LogP contribution in [0.25, 0.3) is 49.7 Å². The van der Waals surface area contributed by atoms with Gasteiger partial charge in [0.2, 0.25) is 0 Å². The van der Waals surface area contributed by atoms with Gasteiger partial charge < -0.3 is 13.9 Å². The van der Waals surface area contributed by atoms with Gasteiger partial charge in [-0.25, -0.2) is 0 Å². The number of benzene rings is 5. The van der Waals surface area contributed by atoms with Crippen molar-refractivity contribution in [3.05, 3.63) is 120 Å². The largest absolute Gasteiger partial charge is 0.494 e. The van der Waals surface area contributed by atoms with Gasteiger partial charge in [-0.15, -0.1) is 0 Å². The number of hydrogen-bond acceptors (Lipinski definition) is 2. The Bertz CT molecular complexity index is 2070. The second-order valence-corrected chi connectivity index (χ2v) is 13.7. The van der Waals surface area contributed by atoms with Crippen LogP contribution in [0.4, 0.5) is 0 Å². The fourth-order valence-electron chi connectivity index (χ4n) is 7.12. The lowest BCUT2D eigenvalue weighted by molar-refractivity contribution is 0.00578. The summed E-state index contributed by atoms with van der Waals surface area (Å²) in [7, 11) is -0.384. The molecule has 0 N–H and O–H groups in total. The van der Waals surface area contributed by atoms with Crippen LogP contribution in [0.2, 0.25) is 0 Å². The quantitative estimate of drug-likeness (QED) is 0.201. The lowest BCUT2D eigenvalue weighted by Crippen LogP contribution is -2.41. The average Bonchev–Trinajstić information content (AvgIpc) is 3.54. The number of rotatable bonds is 3. The summed E-state index contributed by atoms with van der Waals surface area (Å²) in [6, 6.07) is 40.1. The summed E-state index contributed by atoms with van der Waals surface area (Å²) in [6.45, 7) is 13.1. The fraction of sp³-hybridized carbons (Fsp3) is 0.231. The number of para-hydroxylation sites is 1. The van der Waals surface area contributed by atoms with E-state index in [2.05, 4.69) is 155 Å². The van der Waals surface area contributed by atoms with E-state index < -0.39 is 0 Å². The molecule has 6 aromatic rings. The van der Waals surface area contributed by atoms with E-state index in [9.17, 15) is 0 Å². The third-order valence-corrected chi connectivity index (χ3v) is 10.2. The van der Waals surface area contributed by atoms with E-state index in [-0.39, 0.29) is 23.7 Å². The number of fused-ring (bicyclic) bond motifs is 6. The molecule has 0 amide bonds. The van der Waals surface area contributed by atoms with E-state index >= 15 is 0 Å². The first-order valence-corrected chi connectivity index (χ1v) is 15.3. The summed E-state index contributed by atoms with van der Waals surface area (Å²) in [5.74, 6) is 0. The normalized spacial score (nSPS) is 17.9. The molecule has 0 saturated carbocycles. The Morgan fingerprint density at radius 3 is 2.02 bits per heavy atom. The van der Waals surface area contributed by atoms with Gasteiger partial charge in [0.25, 0.3) is 0 Å². The minimum atomic E-state index is -0.384. The van der Waals surface area contributed by atoms with Crippen LogP contribution < -0.4 is 5.46 Å². The van der Waals surface area contributed by atoms with Gasteiger partial charge in [0.1, 0.15) is 0 Å². The van der Waals surface area contributed by atoms with Gasteiger partial charge in [-0.1, -0.05) is 92.7 Å². The molecule has 0 bridgehead atoms. The molecule has 3 nitrogen and oxygen atoms in total. The topological polar surface area (TPSA) is 23.4 Å². The molecular weight excluding hydrogens is 525 g/mol. The van der Waals surface area contributed by atoms with Crippen molar-refractivity contribution in [2.45, 2.75) is 58.2 Å². The maximum atomic E-state index is 6.36. The lowest BCUT2D eigenvalue weighted by atomic mass is 9.78. The molecule has 1 aliphatic heterocycles. The lowest BCUT2D eigenvalue weighted by Gasteiger charge is -2.32. The summed E-state index contributed by atoms with van der Waals surface area (Å²) < 4.78 is 15.1. The molecule has 2 heterocycles. The molecule has 1 saturated heterocycles. The van der Waals surface area contributed by atoms with Crippen molar-refractivity contribution in [2.75, 3.05) is 0 Å². The summed E-state index contributed by atoms with van der Waals surface area (Å²) in [5, 5.41) is 2.50. The maximum Gasteiger partial charge on any atom is 0.494 e. The summed E-state index contributed by atoms with van der Waals surface area (Å²) in [4.78, 5) is 0. The molecule has 1 aromatic heterocycles. The first-order valence-electron chi connectivity index (χ1n) is 15.3. The van der Waals surface area contributed by atoms with E-state index in [4.69, 9.17) is 9.31 Å². The minimum absolute atomic E-state index is 0.00516. The monoisotopic (exact) mass is 561 g/mol. The highest BCUT2D eigenvalue weighted by Gasteiger charge is 2.51. The van der Waals surface area contributed by atoms with Crippen LogP contribution in [-0.4, -0.2) is 22.9 Å². The van der Waals surface area contributed by atoms with E-state index in [1.165, 1.54) is 55.3 Å². The zero-order chi connectivity index (χ0) is 29.7. The Morgan fingerprint density at radius 2 is 1.21 bits per heavy atom. The number of hydrogen-bond donors (Lipinski definition) is 0. The van der Waals surface area contributed by atoms with Gasteiger partial charge in [0.15, 0.2) is 0 Å². The van der Waals surface area contributed by atoms with Gasteiger partial charge in [0.05, 0.1) is 22.2 Å². The van der Waals surface area contributed by atoms with E-state index in [1.54, 1.807) is 0 Å². The van der Waals surface area contributed by atoms with E-state index in [0.717, 1.165) is 11.0 Å². The van der Waals surface area contributed by atoms with Crippen LogP contribution in [0, 0.1) is 0 Å². The van der Waals surface area contributed by atoms with Crippen molar-refractivity contribution < 1.29 is 9.31 Å². The minimum Gasteiger partial charge on any atom is -0.399 e. The summed E-state index contributed by atoms with van der Waals surface area (Å²) in [5.41, 5.74) is 11.7. The fourth-order valence-corrected chi connectivity index (χ4v) is 7.12. The molecule has 0 spiro atoms. The predicted octanol–water partition coefficient (Wildman–Crippen LogP) is 9.06. The van der Waals surface area contributed by atoms with Crippen molar-refractivity contribution in [3.8, 4) is 27.9 Å². The summed E-state index contributed by atoms with van der Waals surface area (Å²) in [6.07, 6.45) is 0. The molecule has 0 atom stereocenters. The predicted molar refractivity (Wildman–Crippen MR) is 179 cm³/mol. The first-order chi connectivity index (χ1) is 20.5. The van der Waals surface area contributed by atoms with Gasteiger partial charge in [-0.05, 0) is 96.9 Å². The van der Waals surface area contributed by atoms with E-state index in [1.807, 2.05) is 0 Å². The maximum absolute atomic E-state index is 6.36. The molecule has 43 heavy (non-hydrogen) atoms. The highest BCUT2D eigenvalue weighted by molar-refractivity contribution is 6.62. The van der Waals surface area contributed by atoms with Crippen molar-refractivity contribution in [1.29, 1.82) is 0 Å². The molecule has 0 radical (unpaired) electrons. The molecule has 8 rings (SSSR count). The second kappa shape index (κ2) is 8.95. The highest BCUT2D eigenvalue weighted by Crippen LogP contribution is 2.49. The third-order valence-electron chi connectivity index (χ3n) is 10.2. The standard InChI is InChI=1S/C39H36BNO2/c1-37(2)33-16-9-7-14-29(33)31-24-28(19-20-34(31)37)41-35-17-10-8-15-30(35)32-23-26(18-21-36(32)41)25-12-11-13-27(22-25)40-42-38(3,4)39(5,6)43-40/h7-24H,1-6H3. The van der Waals surface area contributed by atoms with Crippen molar-refractivity contribution >= 4 is 34.4 Å². The van der Waals surface area contributed by atoms with E-state index in [0.29, 0.717) is 0 Å². The Balaban J connectivity index is 1.25. The SMILES string of the molecule is CC1(C)c2ccccc2-c2cc(-n3c4ccccc4c4cc(-c5cccc(B6OC(C)(C)C(C)(C)O6)c5)ccc43)ccc21. The molecule has 4 heteroatoms. The Labute approximate surface area is 254 Å². The van der Waals surface area contributed by atoms with Crippen molar-refractivity contribution in [3.63, 3.8) is 0 Å². The van der Waals surface area contributed by atoms with Crippen molar-refractivity contribution in [2.24, 2.45) is 0 Å². The molecule has 1 aliphatic carbocycles. The molecule has 2 aliphatic rings. The van der Waals surface area contributed by atoms with Gasteiger partial charge in [-0.3, -0.25) is 0 Å². The van der Waals surface area contributed by atoms with Crippen LogP contribution in [0.5, 0.6) is 0 Å². The first kappa shape index (κ1) is 26.5. The molecule has 212 valence electrons. The second-order valence-electron chi connectivity index (χ2n) is 13.7. The Morgan fingerprint density at radius 1 is 0.535 bits per heavy atom. The van der Waals surface area contributed by atoms with Crippen LogP contribution >= 0.6 is 0 Å². The van der Waals surface area contributed by atoms with Crippen LogP contribution in [0.3, 0.4) is 0 Å². The number of aromatic nitrogens is 1. The Hall–Kier alpha value is -4.12.